The van der Waals surface area contributed by atoms with Crippen LogP contribution in [0.25, 0.3) is 97.9 Å². The van der Waals surface area contributed by atoms with Crippen LogP contribution in [0.1, 0.15) is 0 Å². The lowest BCUT2D eigenvalue weighted by molar-refractivity contribution is 0.669. The van der Waals surface area contributed by atoms with Gasteiger partial charge in [0.05, 0.1) is 5.56 Å². The molecule has 4 heterocycles. The van der Waals surface area contributed by atoms with Crippen LogP contribution in [0.15, 0.2) is 151 Å². The topological polar surface area (TPSA) is 64.7 Å². The Bertz CT molecular complexity index is 2840. The first-order chi connectivity index (χ1) is 23.8. The Balaban J connectivity index is 0.973. The lowest BCUT2D eigenvalue weighted by atomic mass is 9.97. The minimum absolute atomic E-state index is 0.637. The molecule has 0 unspecified atom stereocenters. The fourth-order valence-corrected chi connectivity index (χ4v) is 8.00. The van der Waals surface area contributed by atoms with Crippen molar-refractivity contribution < 1.29 is 4.42 Å². The molecule has 0 aliphatic carbocycles. The van der Waals surface area contributed by atoms with Gasteiger partial charge in [0.15, 0.2) is 11.6 Å². The number of benzene rings is 6. The van der Waals surface area contributed by atoms with Crippen LogP contribution < -0.4 is 0 Å². The average Bonchev–Trinajstić information content (AvgIpc) is 3.73. The van der Waals surface area contributed by atoms with Crippen LogP contribution in [0.4, 0.5) is 0 Å². The van der Waals surface area contributed by atoms with E-state index in [1.54, 1.807) is 11.3 Å². The van der Waals surface area contributed by atoms with Crippen molar-refractivity contribution in [3.05, 3.63) is 146 Å². The van der Waals surface area contributed by atoms with E-state index in [1.165, 1.54) is 20.2 Å². The first-order valence-electron chi connectivity index (χ1n) is 15.8. The highest BCUT2D eigenvalue weighted by Gasteiger charge is 2.15. The second kappa shape index (κ2) is 10.7. The van der Waals surface area contributed by atoms with Crippen LogP contribution in [-0.2, 0) is 0 Å². The minimum Gasteiger partial charge on any atom is -0.455 e. The van der Waals surface area contributed by atoms with Crippen molar-refractivity contribution in [3.63, 3.8) is 0 Å². The van der Waals surface area contributed by atoms with Gasteiger partial charge in [-0.1, -0.05) is 91.0 Å². The Kier molecular flexibility index (Phi) is 5.98. The largest absolute Gasteiger partial charge is 0.455 e. The predicted octanol–water partition coefficient (Wildman–Crippen LogP) is 11.4. The molecular weight excluding hydrogens is 609 g/mol. The Morgan fingerprint density at radius 2 is 1.08 bits per heavy atom. The summed E-state index contributed by atoms with van der Waals surface area (Å²) in [7, 11) is 0. The maximum absolute atomic E-state index is 6.23. The van der Waals surface area contributed by atoms with Crippen molar-refractivity contribution in [2.24, 2.45) is 0 Å². The van der Waals surface area contributed by atoms with Crippen LogP contribution >= 0.6 is 11.3 Å². The summed E-state index contributed by atoms with van der Waals surface area (Å²) in [6.07, 6.45) is 7.65. The van der Waals surface area contributed by atoms with E-state index in [1.807, 2.05) is 55.1 Å². The monoisotopic (exact) mass is 632 g/mol. The van der Waals surface area contributed by atoms with Crippen LogP contribution in [0, 0.1) is 0 Å². The second-order valence-electron chi connectivity index (χ2n) is 11.9. The van der Waals surface area contributed by atoms with Gasteiger partial charge in [-0.3, -0.25) is 0 Å². The lowest BCUT2D eigenvalue weighted by Crippen LogP contribution is -1.92. The van der Waals surface area contributed by atoms with Gasteiger partial charge in [0, 0.05) is 72.4 Å². The zero-order valence-electron chi connectivity index (χ0n) is 25.5. The van der Waals surface area contributed by atoms with Crippen molar-refractivity contribution in [1.29, 1.82) is 0 Å². The summed E-state index contributed by atoms with van der Waals surface area (Å²) >= 11 is 1.79. The fourth-order valence-electron chi connectivity index (χ4n) is 6.78. The van der Waals surface area contributed by atoms with Crippen molar-refractivity contribution in [3.8, 4) is 45.0 Å². The van der Waals surface area contributed by atoms with E-state index in [-0.39, 0.29) is 0 Å². The summed E-state index contributed by atoms with van der Waals surface area (Å²) in [6, 6.07) is 41.9. The summed E-state index contributed by atoms with van der Waals surface area (Å²) in [4.78, 5) is 19.2. The standard InChI is InChI=1S/C42H24N4OS/c1-3-16-37-31(9-1)33-12-6-14-35(39(33)47-37)41-45-23-28(24-46-41)29-11-5-8-26-20-25(18-19-30(26)29)27-21-43-42(44-22-27)36-15-7-13-34-32-10-2-4-17-38(32)48-40(34)36/h1-24H. The first kappa shape index (κ1) is 26.9. The molecular formula is C42H24N4OS. The zero-order valence-corrected chi connectivity index (χ0v) is 26.3. The molecule has 0 radical (unpaired) electrons. The molecule has 0 spiro atoms. The van der Waals surface area contributed by atoms with E-state index in [9.17, 15) is 0 Å². The SMILES string of the molecule is c1cc(-c2cnc(-c3cccc4c3oc3ccccc34)nc2)c2ccc(-c3cnc(-c4cccc5c4sc4ccccc45)nc3)cc2c1. The average molecular weight is 633 g/mol. The maximum atomic E-state index is 6.23. The molecule has 5 nitrogen and oxygen atoms in total. The van der Waals surface area contributed by atoms with Gasteiger partial charge in [0.2, 0.25) is 0 Å². The Morgan fingerprint density at radius 1 is 0.438 bits per heavy atom. The fraction of sp³-hybridized carbons (Fsp3) is 0. The number of nitrogens with zero attached hydrogens (tertiary/aromatic N) is 4. The number of thiophene rings is 1. The molecule has 0 bridgehead atoms. The molecule has 0 saturated carbocycles. The third-order valence-corrected chi connectivity index (χ3v) is 10.3. The number of para-hydroxylation sites is 2. The van der Waals surface area contributed by atoms with E-state index < -0.39 is 0 Å². The second-order valence-corrected chi connectivity index (χ2v) is 12.9. The molecule has 0 fully saturated rings. The van der Waals surface area contributed by atoms with Gasteiger partial charge in [-0.05, 0) is 52.2 Å². The third kappa shape index (κ3) is 4.24. The van der Waals surface area contributed by atoms with E-state index >= 15 is 0 Å². The van der Waals surface area contributed by atoms with Gasteiger partial charge in [-0.25, -0.2) is 19.9 Å². The van der Waals surface area contributed by atoms with E-state index in [2.05, 4.69) is 91.0 Å². The van der Waals surface area contributed by atoms with Gasteiger partial charge in [0.25, 0.3) is 0 Å². The van der Waals surface area contributed by atoms with Crippen molar-refractivity contribution in [2.45, 2.75) is 0 Å². The Labute approximate surface area is 278 Å². The summed E-state index contributed by atoms with van der Waals surface area (Å²) < 4.78 is 8.72. The molecule has 0 aliphatic heterocycles. The zero-order chi connectivity index (χ0) is 31.6. The minimum atomic E-state index is 0.637. The van der Waals surface area contributed by atoms with Crippen LogP contribution in [0.5, 0.6) is 0 Å². The summed E-state index contributed by atoms with van der Waals surface area (Å²) in [5.74, 6) is 1.37. The summed E-state index contributed by atoms with van der Waals surface area (Å²) in [5, 5.41) is 6.93. The molecule has 0 saturated heterocycles. The number of hydrogen-bond donors (Lipinski definition) is 0. The van der Waals surface area contributed by atoms with Gasteiger partial charge < -0.3 is 4.42 Å². The van der Waals surface area contributed by atoms with Crippen molar-refractivity contribution in [2.75, 3.05) is 0 Å². The molecule has 0 amide bonds. The summed E-state index contributed by atoms with van der Waals surface area (Å²) in [5.41, 5.74) is 7.68. The molecule has 6 heteroatoms. The number of furan rings is 1. The molecule has 6 aromatic carbocycles. The number of fused-ring (bicyclic) bond motifs is 7. The molecule has 0 aliphatic rings. The molecule has 224 valence electrons. The maximum Gasteiger partial charge on any atom is 0.162 e. The Morgan fingerprint density at radius 3 is 1.94 bits per heavy atom. The molecule has 48 heavy (non-hydrogen) atoms. The molecule has 10 aromatic rings. The third-order valence-electron chi connectivity index (χ3n) is 9.12. The van der Waals surface area contributed by atoms with Gasteiger partial charge in [0.1, 0.15) is 11.2 Å². The number of aromatic nitrogens is 4. The smallest absolute Gasteiger partial charge is 0.162 e. The molecule has 0 N–H and O–H groups in total. The number of hydrogen-bond acceptors (Lipinski definition) is 6. The van der Waals surface area contributed by atoms with Gasteiger partial charge in [-0.15, -0.1) is 11.3 Å². The number of rotatable bonds is 4. The van der Waals surface area contributed by atoms with Crippen molar-refractivity contribution >= 4 is 64.2 Å². The molecule has 0 atom stereocenters. The van der Waals surface area contributed by atoms with Gasteiger partial charge >= 0.3 is 0 Å². The van der Waals surface area contributed by atoms with E-state index in [0.717, 1.165) is 71.9 Å². The highest BCUT2D eigenvalue weighted by Crippen LogP contribution is 2.39. The van der Waals surface area contributed by atoms with Crippen LogP contribution in [-0.4, -0.2) is 19.9 Å². The first-order valence-corrected chi connectivity index (χ1v) is 16.6. The van der Waals surface area contributed by atoms with E-state index in [0.29, 0.717) is 5.82 Å². The normalized spacial score (nSPS) is 11.8. The lowest BCUT2D eigenvalue weighted by Gasteiger charge is -2.10. The van der Waals surface area contributed by atoms with Crippen LogP contribution in [0.2, 0.25) is 0 Å². The molecule has 10 rings (SSSR count). The molecule has 4 aromatic heterocycles. The Hall–Kier alpha value is -6.24. The predicted molar refractivity (Wildman–Crippen MR) is 197 cm³/mol. The van der Waals surface area contributed by atoms with Gasteiger partial charge in [-0.2, -0.15) is 0 Å². The summed E-state index contributed by atoms with van der Waals surface area (Å²) in [6.45, 7) is 0. The highest BCUT2D eigenvalue weighted by atomic mass is 32.1. The quantitative estimate of drug-likeness (QED) is 0.193. The van der Waals surface area contributed by atoms with Crippen LogP contribution in [0.3, 0.4) is 0 Å². The van der Waals surface area contributed by atoms with E-state index in [4.69, 9.17) is 24.4 Å². The van der Waals surface area contributed by atoms with Crippen molar-refractivity contribution in [1.82, 2.24) is 19.9 Å². The highest BCUT2D eigenvalue weighted by molar-refractivity contribution is 7.26.